The number of aliphatic carboxylic acids is 1. The number of hydrogen-bond donors (Lipinski definition) is 2. The summed E-state index contributed by atoms with van der Waals surface area (Å²) in [7, 11) is 1.72. The van der Waals surface area contributed by atoms with Gasteiger partial charge >= 0.3 is 5.97 Å². The van der Waals surface area contributed by atoms with E-state index < -0.39 is 5.97 Å². The maximum atomic E-state index is 13.7. The molecular formula is C12H13BrFNO2. The van der Waals surface area contributed by atoms with Crippen molar-refractivity contribution in [3.63, 3.8) is 0 Å². The van der Waals surface area contributed by atoms with Crippen molar-refractivity contribution < 1.29 is 14.3 Å². The summed E-state index contributed by atoms with van der Waals surface area (Å²) in [6.07, 6.45) is 0.604. The van der Waals surface area contributed by atoms with Gasteiger partial charge in [-0.3, -0.25) is 4.79 Å². The first-order valence-electron chi connectivity index (χ1n) is 5.39. The molecule has 1 saturated carbocycles. The van der Waals surface area contributed by atoms with E-state index in [9.17, 15) is 9.18 Å². The van der Waals surface area contributed by atoms with E-state index in [1.165, 1.54) is 6.07 Å². The van der Waals surface area contributed by atoms with Crippen LogP contribution in [0.5, 0.6) is 0 Å². The lowest BCUT2D eigenvalue weighted by atomic mass is 10.0. The van der Waals surface area contributed by atoms with Crippen LogP contribution in [0.25, 0.3) is 0 Å². The van der Waals surface area contributed by atoms with E-state index in [4.69, 9.17) is 5.11 Å². The van der Waals surface area contributed by atoms with Crippen LogP contribution < -0.4 is 5.32 Å². The Hall–Kier alpha value is -0.940. The molecule has 0 aliphatic heterocycles. The van der Waals surface area contributed by atoms with Crippen molar-refractivity contribution in [3.8, 4) is 0 Å². The lowest BCUT2D eigenvalue weighted by molar-refractivity contribution is -0.138. The normalized spacial score (nSPS) is 24.4. The van der Waals surface area contributed by atoms with Crippen LogP contribution in [0.15, 0.2) is 22.7 Å². The molecule has 0 spiro atoms. The molecule has 1 aliphatic carbocycles. The second-order valence-corrected chi connectivity index (χ2v) is 5.19. The maximum Gasteiger partial charge on any atom is 0.306 e. The highest BCUT2D eigenvalue weighted by molar-refractivity contribution is 9.10. The number of halogens is 2. The monoisotopic (exact) mass is 301 g/mol. The third-order valence-electron chi connectivity index (χ3n) is 3.19. The zero-order valence-electron chi connectivity index (χ0n) is 9.28. The number of carbonyl (C=O) groups is 1. The van der Waals surface area contributed by atoms with Crippen LogP contribution in [0.2, 0.25) is 0 Å². The Morgan fingerprint density at radius 2 is 2.35 bits per heavy atom. The molecule has 0 radical (unpaired) electrons. The summed E-state index contributed by atoms with van der Waals surface area (Å²) in [4.78, 5) is 10.8. The summed E-state index contributed by atoms with van der Waals surface area (Å²) < 4.78 is 14.5. The minimum atomic E-state index is -0.800. The Morgan fingerprint density at radius 1 is 1.65 bits per heavy atom. The summed E-state index contributed by atoms with van der Waals surface area (Å²) in [5, 5.41) is 11.9. The third kappa shape index (κ3) is 2.50. The Morgan fingerprint density at radius 3 is 2.88 bits per heavy atom. The molecule has 1 aliphatic rings. The number of carboxylic acid groups (broad SMARTS) is 1. The van der Waals surface area contributed by atoms with E-state index in [1.807, 2.05) is 0 Å². The van der Waals surface area contributed by atoms with Gasteiger partial charge in [-0.1, -0.05) is 15.9 Å². The second kappa shape index (κ2) is 4.74. The number of rotatable bonds is 4. The van der Waals surface area contributed by atoms with Gasteiger partial charge in [-0.25, -0.2) is 4.39 Å². The van der Waals surface area contributed by atoms with Crippen LogP contribution in [0.3, 0.4) is 0 Å². The molecule has 1 fully saturated rings. The number of carboxylic acids is 1. The van der Waals surface area contributed by atoms with E-state index in [1.54, 1.807) is 19.2 Å². The summed E-state index contributed by atoms with van der Waals surface area (Å²) in [6, 6.07) is 4.48. The van der Waals surface area contributed by atoms with Crippen molar-refractivity contribution in [2.75, 3.05) is 7.05 Å². The van der Waals surface area contributed by atoms with Crippen molar-refractivity contribution in [1.82, 2.24) is 5.32 Å². The van der Waals surface area contributed by atoms with Crippen LogP contribution in [0, 0.1) is 17.7 Å². The lowest BCUT2D eigenvalue weighted by Gasteiger charge is -2.17. The molecule has 92 valence electrons. The molecule has 0 saturated heterocycles. The average Bonchev–Trinajstić information content (AvgIpc) is 3.04. The average molecular weight is 302 g/mol. The SMILES string of the molecule is CNC(c1cc(Br)ccc1F)C1CC1C(=O)O. The fraction of sp³-hybridized carbons (Fsp3) is 0.417. The Balaban J connectivity index is 2.24. The van der Waals surface area contributed by atoms with Gasteiger partial charge in [0.25, 0.3) is 0 Å². The lowest BCUT2D eigenvalue weighted by Crippen LogP contribution is -2.21. The highest BCUT2D eigenvalue weighted by atomic mass is 79.9. The van der Waals surface area contributed by atoms with Gasteiger partial charge in [0, 0.05) is 16.1 Å². The third-order valence-corrected chi connectivity index (χ3v) is 3.68. The Kier molecular flexibility index (Phi) is 3.49. The first-order chi connectivity index (χ1) is 8.04. The molecule has 1 aromatic rings. The fourth-order valence-corrected chi connectivity index (χ4v) is 2.60. The van der Waals surface area contributed by atoms with Crippen molar-refractivity contribution in [2.24, 2.45) is 11.8 Å². The predicted octanol–water partition coefficient (Wildman–Crippen LogP) is 2.57. The van der Waals surface area contributed by atoms with Crippen LogP contribution >= 0.6 is 15.9 Å². The highest BCUT2D eigenvalue weighted by Crippen LogP contribution is 2.48. The van der Waals surface area contributed by atoms with Crippen molar-refractivity contribution in [3.05, 3.63) is 34.1 Å². The number of nitrogens with one attached hydrogen (secondary N) is 1. The molecule has 0 heterocycles. The summed E-state index contributed by atoms with van der Waals surface area (Å²) in [5.74, 6) is -1.48. The maximum absolute atomic E-state index is 13.7. The van der Waals surface area contributed by atoms with Crippen LogP contribution in [-0.4, -0.2) is 18.1 Å². The fourth-order valence-electron chi connectivity index (χ4n) is 2.22. The van der Waals surface area contributed by atoms with Crippen LogP contribution in [0.4, 0.5) is 4.39 Å². The van der Waals surface area contributed by atoms with E-state index in [2.05, 4.69) is 21.2 Å². The number of hydrogen-bond acceptors (Lipinski definition) is 2. The minimum absolute atomic E-state index is 0.0266. The van der Waals surface area contributed by atoms with Gasteiger partial charge in [-0.15, -0.1) is 0 Å². The predicted molar refractivity (Wildman–Crippen MR) is 65.1 cm³/mol. The largest absolute Gasteiger partial charge is 0.481 e. The van der Waals surface area contributed by atoms with Gasteiger partial charge in [-0.05, 0) is 37.6 Å². The molecule has 2 N–H and O–H groups in total. The van der Waals surface area contributed by atoms with Crippen LogP contribution in [0.1, 0.15) is 18.0 Å². The van der Waals surface area contributed by atoms with Gasteiger partial charge in [0.2, 0.25) is 0 Å². The quantitative estimate of drug-likeness (QED) is 0.898. The number of benzene rings is 1. The molecule has 3 atom stereocenters. The second-order valence-electron chi connectivity index (χ2n) is 4.28. The molecule has 0 aromatic heterocycles. The first kappa shape index (κ1) is 12.5. The van der Waals surface area contributed by atoms with E-state index in [0.717, 1.165) is 4.47 Å². The molecular weight excluding hydrogens is 289 g/mol. The Bertz CT molecular complexity index is 452. The summed E-state index contributed by atoms with van der Waals surface area (Å²) in [6.45, 7) is 0. The van der Waals surface area contributed by atoms with Gasteiger partial charge in [-0.2, -0.15) is 0 Å². The zero-order chi connectivity index (χ0) is 12.6. The molecule has 17 heavy (non-hydrogen) atoms. The first-order valence-corrected chi connectivity index (χ1v) is 6.19. The minimum Gasteiger partial charge on any atom is -0.481 e. The van der Waals surface area contributed by atoms with E-state index in [-0.39, 0.29) is 23.7 Å². The smallest absolute Gasteiger partial charge is 0.306 e. The van der Waals surface area contributed by atoms with Gasteiger partial charge < -0.3 is 10.4 Å². The molecule has 3 unspecified atom stereocenters. The molecule has 0 amide bonds. The van der Waals surface area contributed by atoms with E-state index >= 15 is 0 Å². The van der Waals surface area contributed by atoms with Crippen molar-refractivity contribution in [1.29, 1.82) is 0 Å². The molecule has 5 heteroatoms. The van der Waals surface area contributed by atoms with Gasteiger partial charge in [0.15, 0.2) is 0 Å². The van der Waals surface area contributed by atoms with Crippen LogP contribution in [-0.2, 0) is 4.79 Å². The van der Waals surface area contributed by atoms with Crippen molar-refractivity contribution in [2.45, 2.75) is 12.5 Å². The summed E-state index contributed by atoms with van der Waals surface area (Å²) in [5.41, 5.74) is 0.524. The van der Waals surface area contributed by atoms with Gasteiger partial charge in [0.1, 0.15) is 5.82 Å². The zero-order valence-corrected chi connectivity index (χ0v) is 10.9. The summed E-state index contributed by atoms with van der Waals surface area (Å²) >= 11 is 3.30. The van der Waals surface area contributed by atoms with E-state index in [0.29, 0.717) is 12.0 Å². The molecule has 1 aromatic carbocycles. The molecule has 0 bridgehead atoms. The Labute approximate surface area is 107 Å². The molecule has 3 nitrogen and oxygen atoms in total. The van der Waals surface area contributed by atoms with Gasteiger partial charge in [0.05, 0.1) is 5.92 Å². The topological polar surface area (TPSA) is 49.3 Å². The highest BCUT2D eigenvalue weighted by Gasteiger charge is 2.48. The van der Waals surface area contributed by atoms with Crippen molar-refractivity contribution >= 4 is 21.9 Å². The molecule has 2 rings (SSSR count). The standard InChI is InChI=1S/C12H13BrFNO2/c1-15-11(7-5-8(7)12(16)17)9-4-6(13)2-3-10(9)14/h2-4,7-8,11,15H,5H2,1H3,(H,16,17).